The number of aromatic nitrogens is 2. The summed E-state index contributed by atoms with van der Waals surface area (Å²) in [5.41, 5.74) is 1.01. The molecule has 0 aliphatic carbocycles. The first-order chi connectivity index (χ1) is 8.20. The average molecular weight is 254 g/mol. The van der Waals surface area contributed by atoms with E-state index in [1.807, 2.05) is 0 Å². The van der Waals surface area contributed by atoms with E-state index in [0.29, 0.717) is 29.3 Å². The van der Waals surface area contributed by atoms with E-state index in [4.69, 9.17) is 16.7 Å². The molecule has 2 aromatic rings. The Morgan fingerprint density at radius 3 is 3.06 bits per heavy atom. The topological polar surface area (TPSA) is 66.6 Å². The Bertz CT molecular complexity index is 538. The molecule has 2 N–H and O–H groups in total. The lowest BCUT2D eigenvalue weighted by Crippen LogP contribution is -2.25. The van der Waals surface area contributed by atoms with Gasteiger partial charge in [0.2, 0.25) is 0 Å². The molecule has 0 atom stereocenters. The van der Waals surface area contributed by atoms with Crippen molar-refractivity contribution in [2.75, 3.05) is 13.2 Å². The SMILES string of the molecule is O=C(NCCCO)c1cn2cc(Cl)ccc2n1. The Hall–Kier alpha value is -1.59. The number of aliphatic hydroxyl groups is 1. The van der Waals surface area contributed by atoms with Crippen molar-refractivity contribution < 1.29 is 9.90 Å². The van der Waals surface area contributed by atoms with Crippen LogP contribution in [0.3, 0.4) is 0 Å². The summed E-state index contributed by atoms with van der Waals surface area (Å²) in [6, 6.07) is 3.46. The zero-order valence-electron chi connectivity index (χ0n) is 9.06. The highest BCUT2D eigenvalue weighted by Crippen LogP contribution is 2.11. The van der Waals surface area contributed by atoms with Gasteiger partial charge in [-0.2, -0.15) is 0 Å². The molecule has 6 heteroatoms. The van der Waals surface area contributed by atoms with Crippen LogP contribution in [0.4, 0.5) is 0 Å². The molecule has 2 heterocycles. The van der Waals surface area contributed by atoms with E-state index in [2.05, 4.69) is 10.3 Å². The molecule has 0 fully saturated rings. The Balaban J connectivity index is 2.15. The molecule has 0 spiro atoms. The normalized spacial score (nSPS) is 10.7. The molecule has 17 heavy (non-hydrogen) atoms. The van der Waals surface area contributed by atoms with Gasteiger partial charge in [0.1, 0.15) is 11.3 Å². The van der Waals surface area contributed by atoms with Gasteiger partial charge in [-0.15, -0.1) is 0 Å². The molecule has 5 nitrogen and oxygen atoms in total. The third kappa shape index (κ3) is 2.75. The smallest absolute Gasteiger partial charge is 0.271 e. The zero-order valence-corrected chi connectivity index (χ0v) is 9.81. The maximum absolute atomic E-state index is 11.7. The third-order valence-corrected chi connectivity index (χ3v) is 2.49. The molecule has 2 aromatic heterocycles. The summed E-state index contributed by atoms with van der Waals surface area (Å²) < 4.78 is 1.70. The van der Waals surface area contributed by atoms with Crippen molar-refractivity contribution in [1.29, 1.82) is 0 Å². The van der Waals surface area contributed by atoms with E-state index in [1.165, 1.54) is 0 Å². The van der Waals surface area contributed by atoms with Gasteiger partial charge in [0.25, 0.3) is 5.91 Å². The molecule has 0 aliphatic heterocycles. The van der Waals surface area contributed by atoms with E-state index < -0.39 is 0 Å². The molecule has 0 unspecified atom stereocenters. The van der Waals surface area contributed by atoms with Crippen molar-refractivity contribution in [3.8, 4) is 0 Å². The number of amides is 1. The van der Waals surface area contributed by atoms with Gasteiger partial charge in [-0.05, 0) is 18.6 Å². The van der Waals surface area contributed by atoms with Crippen molar-refractivity contribution >= 4 is 23.2 Å². The number of fused-ring (bicyclic) bond motifs is 1. The number of hydrogen-bond donors (Lipinski definition) is 2. The number of imidazole rings is 1. The summed E-state index contributed by atoms with van der Waals surface area (Å²) in [6.45, 7) is 0.491. The fraction of sp³-hybridized carbons (Fsp3) is 0.273. The van der Waals surface area contributed by atoms with Gasteiger partial charge in [-0.3, -0.25) is 4.79 Å². The minimum absolute atomic E-state index is 0.0566. The Morgan fingerprint density at radius 2 is 2.29 bits per heavy atom. The van der Waals surface area contributed by atoms with E-state index in [-0.39, 0.29) is 12.5 Å². The molecular formula is C11H12ClN3O2. The lowest BCUT2D eigenvalue weighted by molar-refractivity contribution is 0.0947. The third-order valence-electron chi connectivity index (χ3n) is 2.27. The lowest BCUT2D eigenvalue weighted by atomic mass is 10.4. The molecule has 1 amide bonds. The summed E-state index contributed by atoms with van der Waals surface area (Å²) in [6.07, 6.45) is 3.84. The van der Waals surface area contributed by atoms with Crippen LogP contribution in [-0.2, 0) is 0 Å². The van der Waals surface area contributed by atoms with Crippen LogP contribution in [0.1, 0.15) is 16.9 Å². The van der Waals surface area contributed by atoms with Gasteiger partial charge >= 0.3 is 0 Å². The summed E-state index contributed by atoms with van der Waals surface area (Å²) >= 11 is 5.83. The van der Waals surface area contributed by atoms with Crippen LogP contribution < -0.4 is 5.32 Å². The number of pyridine rings is 1. The number of halogens is 1. The predicted molar refractivity (Wildman–Crippen MR) is 64.2 cm³/mol. The first-order valence-corrected chi connectivity index (χ1v) is 5.62. The number of nitrogens with one attached hydrogen (secondary N) is 1. The predicted octanol–water partition coefficient (Wildman–Crippen LogP) is 1.10. The van der Waals surface area contributed by atoms with Crippen LogP contribution in [0.5, 0.6) is 0 Å². The van der Waals surface area contributed by atoms with Crippen molar-refractivity contribution in [2.24, 2.45) is 0 Å². The number of hydrogen-bond acceptors (Lipinski definition) is 3. The lowest BCUT2D eigenvalue weighted by Gasteiger charge is -1.99. The van der Waals surface area contributed by atoms with E-state index in [1.54, 1.807) is 28.9 Å². The largest absolute Gasteiger partial charge is 0.396 e. The molecule has 0 aliphatic rings. The van der Waals surface area contributed by atoms with E-state index in [9.17, 15) is 4.79 Å². The first-order valence-electron chi connectivity index (χ1n) is 5.24. The highest BCUT2D eigenvalue weighted by atomic mass is 35.5. The molecular weight excluding hydrogens is 242 g/mol. The second-order valence-corrected chi connectivity index (χ2v) is 4.01. The summed E-state index contributed by atoms with van der Waals surface area (Å²) in [5, 5.41) is 11.9. The number of rotatable bonds is 4. The van der Waals surface area contributed by atoms with Crippen molar-refractivity contribution in [3.63, 3.8) is 0 Å². The Morgan fingerprint density at radius 1 is 1.47 bits per heavy atom. The minimum Gasteiger partial charge on any atom is -0.396 e. The standard InChI is InChI=1S/C11H12ClN3O2/c12-8-2-3-10-14-9(7-15(10)6-8)11(17)13-4-1-5-16/h2-3,6-7,16H,1,4-5H2,(H,13,17). The summed E-state index contributed by atoms with van der Waals surface area (Å²) in [7, 11) is 0. The van der Waals surface area contributed by atoms with Gasteiger partial charge < -0.3 is 14.8 Å². The van der Waals surface area contributed by atoms with Crippen LogP contribution in [0.2, 0.25) is 5.02 Å². The second-order valence-electron chi connectivity index (χ2n) is 3.57. The van der Waals surface area contributed by atoms with E-state index >= 15 is 0 Å². The van der Waals surface area contributed by atoms with Crippen LogP contribution >= 0.6 is 11.6 Å². The molecule has 0 saturated carbocycles. The molecule has 90 valence electrons. The molecule has 0 aromatic carbocycles. The molecule has 0 saturated heterocycles. The maximum Gasteiger partial charge on any atom is 0.271 e. The van der Waals surface area contributed by atoms with Crippen LogP contribution in [0.25, 0.3) is 5.65 Å². The van der Waals surface area contributed by atoms with Gasteiger partial charge in [0.15, 0.2) is 0 Å². The van der Waals surface area contributed by atoms with Gasteiger partial charge in [-0.25, -0.2) is 4.98 Å². The highest BCUT2D eigenvalue weighted by Gasteiger charge is 2.09. The fourth-order valence-electron chi connectivity index (χ4n) is 1.45. The molecule has 0 bridgehead atoms. The number of aliphatic hydroxyl groups excluding tert-OH is 1. The van der Waals surface area contributed by atoms with Crippen LogP contribution in [0.15, 0.2) is 24.5 Å². The number of carbonyl (C=O) groups is 1. The van der Waals surface area contributed by atoms with Gasteiger partial charge in [-0.1, -0.05) is 11.6 Å². The number of nitrogens with zero attached hydrogens (tertiary/aromatic N) is 2. The molecule has 0 radical (unpaired) electrons. The van der Waals surface area contributed by atoms with Crippen LogP contribution in [-0.4, -0.2) is 33.6 Å². The summed E-state index contributed by atoms with van der Waals surface area (Å²) in [4.78, 5) is 15.8. The Kier molecular flexibility index (Phi) is 3.61. The monoisotopic (exact) mass is 253 g/mol. The number of carbonyl (C=O) groups excluding carboxylic acids is 1. The fourth-order valence-corrected chi connectivity index (χ4v) is 1.61. The first kappa shape index (κ1) is 11.9. The Labute approximate surface area is 103 Å². The minimum atomic E-state index is -0.252. The quantitative estimate of drug-likeness (QED) is 0.802. The molecule has 2 rings (SSSR count). The maximum atomic E-state index is 11.7. The van der Waals surface area contributed by atoms with Gasteiger partial charge in [0, 0.05) is 25.5 Å². The van der Waals surface area contributed by atoms with Crippen molar-refractivity contribution in [3.05, 3.63) is 35.2 Å². The second kappa shape index (κ2) is 5.16. The van der Waals surface area contributed by atoms with Crippen molar-refractivity contribution in [1.82, 2.24) is 14.7 Å². The highest BCUT2D eigenvalue weighted by molar-refractivity contribution is 6.30. The van der Waals surface area contributed by atoms with Gasteiger partial charge in [0.05, 0.1) is 5.02 Å². The van der Waals surface area contributed by atoms with Crippen LogP contribution in [0, 0.1) is 0 Å². The zero-order chi connectivity index (χ0) is 12.3. The van der Waals surface area contributed by atoms with E-state index in [0.717, 1.165) is 0 Å². The van der Waals surface area contributed by atoms with Crippen molar-refractivity contribution in [2.45, 2.75) is 6.42 Å². The average Bonchev–Trinajstić information content (AvgIpc) is 2.72. The summed E-state index contributed by atoms with van der Waals surface area (Å²) in [5.74, 6) is -0.252.